The van der Waals surface area contributed by atoms with E-state index in [9.17, 15) is 35.2 Å². The first-order chi connectivity index (χ1) is 16.3. The van der Waals surface area contributed by atoms with Crippen LogP contribution in [-0.4, -0.2) is 55.6 Å². The van der Waals surface area contributed by atoms with E-state index in [4.69, 9.17) is 0 Å². The molecular weight excluding hydrogens is 499 g/mol. The highest BCUT2D eigenvalue weighted by atomic mass is 32.2. The fraction of sp³-hybridized carbons (Fsp3) is 0.250. The number of hydrogen-bond donors (Lipinski definition) is 0. The summed E-state index contributed by atoms with van der Waals surface area (Å²) >= 11 is 0. The average Bonchev–Trinajstić information content (AvgIpc) is 3.34. The van der Waals surface area contributed by atoms with Gasteiger partial charge in [-0.2, -0.15) is 27.1 Å². The molecule has 0 amide bonds. The van der Waals surface area contributed by atoms with Gasteiger partial charge in [-0.05, 0) is 29.7 Å². The molecule has 0 N–H and O–H groups in total. The molecule has 0 saturated carbocycles. The van der Waals surface area contributed by atoms with Crippen molar-refractivity contribution < 1.29 is 30.4 Å². The zero-order valence-electron chi connectivity index (χ0n) is 17.7. The molecule has 0 spiro atoms. The lowest BCUT2D eigenvalue weighted by atomic mass is 10.1. The van der Waals surface area contributed by atoms with Crippen LogP contribution < -0.4 is 5.56 Å². The molecule has 15 heteroatoms. The second-order valence-electron chi connectivity index (χ2n) is 7.37. The first kappa shape index (κ1) is 24.4. The van der Waals surface area contributed by atoms with Crippen molar-refractivity contribution in [1.29, 1.82) is 0 Å². The summed E-state index contributed by atoms with van der Waals surface area (Å²) < 4.78 is 91.4. The Hall–Kier alpha value is -3.75. The van der Waals surface area contributed by atoms with E-state index in [1.807, 2.05) is 0 Å². The number of alkyl halides is 5. The molecular formula is C20H15F5N6O3S. The van der Waals surface area contributed by atoms with Gasteiger partial charge in [0.05, 0.1) is 28.3 Å². The predicted molar refractivity (Wildman–Crippen MR) is 113 cm³/mol. The Bertz CT molecular complexity index is 1570. The number of hydrogen-bond acceptors (Lipinski definition) is 7. The zero-order valence-corrected chi connectivity index (χ0v) is 18.6. The van der Waals surface area contributed by atoms with Gasteiger partial charge in [0.15, 0.2) is 15.7 Å². The van der Waals surface area contributed by atoms with Crippen LogP contribution in [0.25, 0.3) is 28.0 Å². The molecule has 184 valence electrons. The lowest BCUT2D eigenvalue weighted by Crippen LogP contribution is -2.42. The van der Waals surface area contributed by atoms with Crippen molar-refractivity contribution in [3.63, 3.8) is 0 Å². The van der Waals surface area contributed by atoms with Crippen LogP contribution in [0.5, 0.6) is 0 Å². The van der Waals surface area contributed by atoms with Crippen molar-refractivity contribution in [2.45, 2.75) is 30.5 Å². The smallest absolute Gasteiger partial charge is 0.308 e. The first-order valence-electron chi connectivity index (χ1n) is 9.87. The van der Waals surface area contributed by atoms with Gasteiger partial charge in [0.2, 0.25) is 0 Å². The summed E-state index contributed by atoms with van der Waals surface area (Å²) in [4.78, 5) is 24.6. The Balaban J connectivity index is 1.85. The Morgan fingerprint density at radius 1 is 1.09 bits per heavy atom. The predicted octanol–water partition coefficient (Wildman–Crippen LogP) is 3.03. The van der Waals surface area contributed by atoms with Gasteiger partial charge in [-0.3, -0.25) is 9.78 Å². The Morgan fingerprint density at radius 2 is 1.83 bits per heavy atom. The standard InChI is InChI=1S/C20H15F5N6O3S/c1-2-35(33,34)15-3-4-16(31-11-26-10-28-31)29-17(15)14-7-12-5-6-30(18(32)13(12)8-27-14)9-19(21,22)20(23,24)25/h3-8,10-11H,2,9H2,1H3. The monoisotopic (exact) mass is 514 g/mol. The lowest BCUT2D eigenvalue weighted by molar-refractivity contribution is -0.287. The van der Waals surface area contributed by atoms with E-state index < -0.39 is 34.0 Å². The van der Waals surface area contributed by atoms with Gasteiger partial charge >= 0.3 is 12.1 Å². The van der Waals surface area contributed by atoms with Crippen LogP contribution in [0.1, 0.15) is 6.92 Å². The van der Waals surface area contributed by atoms with Crippen LogP contribution in [0.4, 0.5) is 22.0 Å². The van der Waals surface area contributed by atoms with E-state index in [0.29, 0.717) is 0 Å². The molecule has 4 rings (SSSR count). The van der Waals surface area contributed by atoms with Crippen molar-refractivity contribution in [3.8, 4) is 17.2 Å². The highest BCUT2D eigenvalue weighted by Crippen LogP contribution is 2.36. The maximum Gasteiger partial charge on any atom is 0.455 e. The van der Waals surface area contributed by atoms with Crippen LogP contribution in [0.2, 0.25) is 0 Å². The van der Waals surface area contributed by atoms with Crippen molar-refractivity contribution in [2.75, 3.05) is 5.75 Å². The summed E-state index contributed by atoms with van der Waals surface area (Å²) in [5, 5.41) is 3.84. The van der Waals surface area contributed by atoms with Crippen LogP contribution >= 0.6 is 0 Å². The molecule has 4 aromatic rings. The number of sulfone groups is 1. The highest BCUT2D eigenvalue weighted by Gasteiger charge is 2.57. The largest absolute Gasteiger partial charge is 0.455 e. The Kier molecular flexibility index (Phi) is 5.91. The molecule has 0 fully saturated rings. The maximum absolute atomic E-state index is 13.4. The number of nitrogens with zero attached hydrogens (tertiary/aromatic N) is 6. The molecule has 35 heavy (non-hydrogen) atoms. The molecule has 0 unspecified atom stereocenters. The van der Waals surface area contributed by atoms with E-state index in [0.717, 1.165) is 18.5 Å². The second-order valence-corrected chi connectivity index (χ2v) is 9.61. The Morgan fingerprint density at radius 3 is 2.46 bits per heavy atom. The molecule has 0 aliphatic heterocycles. The normalized spacial score (nSPS) is 12.9. The van der Waals surface area contributed by atoms with E-state index >= 15 is 0 Å². The molecule has 0 aromatic carbocycles. The SMILES string of the molecule is CCS(=O)(=O)c1ccc(-n2cncn2)nc1-c1cc2ccn(CC(F)(F)C(F)(F)F)c(=O)c2cn1. The Labute approximate surface area is 193 Å². The van der Waals surface area contributed by atoms with Gasteiger partial charge in [-0.15, -0.1) is 0 Å². The number of aromatic nitrogens is 6. The number of fused-ring (bicyclic) bond motifs is 1. The zero-order chi connectivity index (χ0) is 25.6. The summed E-state index contributed by atoms with van der Waals surface area (Å²) in [7, 11) is -3.77. The van der Waals surface area contributed by atoms with Gasteiger partial charge in [0, 0.05) is 12.4 Å². The van der Waals surface area contributed by atoms with Crippen LogP contribution in [0.3, 0.4) is 0 Å². The molecule has 4 heterocycles. The molecule has 0 atom stereocenters. The number of rotatable bonds is 6. The quantitative estimate of drug-likeness (QED) is 0.364. The van der Waals surface area contributed by atoms with Crippen molar-refractivity contribution in [2.24, 2.45) is 0 Å². The molecule has 0 aliphatic carbocycles. The third-order valence-corrected chi connectivity index (χ3v) is 6.86. The molecule has 0 bridgehead atoms. The van der Waals surface area contributed by atoms with Gasteiger partial charge in [0.25, 0.3) is 5.56 Å². The lowest BCUT2D eigenvalue weighted by Gasteiger charge is -2.20. The van der Waals surface area contributed by atoms with Crippen LogP contribution in [0, 0.1) is 0 Å². The fourth-order valence-corrected chi connectivity index (χ4v) is 4.25. The highest BCUT2D eigenvalue weighted by molar-refractivity contribution is 7.91. The minimum atomic E-state index is -5.83. The third kappa shape index (κ3) is 4.50. The number of pyridine rings is 3. The number of halogens is 5. The molecule has 0 saturated heterocycles. The van der Waals surface area contributed by atoms with Crippen LogP contribution in [-0.2, 0) is 16.4 Å². The van der Waals surface area contributed by atoms with Gasteiger partial charge in [-0.1, -0.05) is 6.92 Å². The average molecular weight is 514 g/mol. The fourth-order valence-electron chi connectivity index (χ4n) is 3.22. The first-order valence-corrected chi connectivity index (χ1v) is 11.5. The van der Waals surface area contributed by atoms with Gasteiger partial charge < -0.3 is 4.57 Å². The molecule has 0 aliphatic rings. The van der Waals surface area contributed by atoms with Crippen LogP contribution in [0.15, 0.2) is 59.0 Å². The maximum atomic E-state index is 13.4. The summed E-state index contributed by atoms with van der Waals surface area (Å²) in [5.41, 5.74) is -1.14. The minimum Gasteiger partial charge on any atom is -0.308 e. The van der Waals surface area contributed by atoms with Crippen molar-refractivity contribution in [3.05, 3.63) is 59.7 Å². The van der Waals surface area contributed by atoms with E-state index in [1.54, 1.807) is 0 Å². The van der Waals surface area contributed by atoms with Gasteiger partial charge in [0.1, 0.15) is 18.3 Å². The van der Waals surface area contributed by atoms with E-state index in [-0.39, 0.29) is 43.2 Å². The van der Waals surface area contributed by atoms with Crippen molar-refractivity contribution in [1.82, 2.24) is 29.3 Å². The molecule has 0 radical (unpaired) electrons. The summed E-state index contributed by atoms with van der Waals surface area (Å²) in [6.45, 7) is -0.453. The van der Waals surface area contributed by atoms with Gasteiger partial charge in [-0.25, -0.2) is 23.1 Å². The summed E-state index contributed by atoms with van der Waals surface area (Å²) in [6.07, 6.45) is -1.46. The topological polar surface area (TPSA) is 113 Å². The summed E-state index contributed by atoms with van der Waals surface area (Å²) in [5.74, 6) is -5.14. The van der Waals surface area contributed by atoms with E-state index in [2.05, 4.69) is 20.1 Å². The second kappa shape index (κ2) is 8.48. The third-order valence-electron chi connectivity index (χ3n) is 5.10. The minimum absolute atomic E-state index is 0.0317. The van der Waals surface area contributed by atoms with E-state index in [1.165, 1.54) is 42.5 Å². The van der Waals surface area contributed by atoms with Crippen molar-refractivity contribution >= 4 is 20.6 Å². The summed E-state index contributed by atoms with van der Waals surface area (Å²) in [6, 6.07) is 5.19. The molecule has 4 aromatic heterocycles. The molecule has 9 nitrogen and oxygen atoms in total.